The second-order valence-corrected chi connectivity index (χ2v) is 6.97. The van der Waals surface area contributed by atoms with Gasteiger partial charge >= 0.3 is 0 Å². The van der Waals surface area contributed by atoms with Crippen LogP contribution in [0.15, 0.2) is 12.2 Å². The number of ether oxygens (including phenoxy) is 2. The third kappa shape index (κ3) is 9.71. The summed E-state index contributed by atoms with van der Waals surface area (Å²) < 4.78 is 10.9. The van der Waals surface area contributed by atoms with Crippen molar-refractivity contribution in [1.29, 1.82) is 0 Å². The van der Waals surface area contributed by atoms with E-state index in [2.05, 4.69) is 19.1 Å². The molecule has 0 unspecified atom stereocenters. The van der Waals surface area contributed by atoms with Crippen molar-refractivity contribution >= 4 is 0 Å². The number of hydrogen-bond donors (Lipinski definition) is 3. The number of aliphatic hydroxyl groups excluding tert-OH is 3. The van der Waals surface area contributed by atoms with Crippen LogP contribution in [-0.2, 0) is 9.47 Å². The monoisotopic (exact) mass is 358 g/mol. The van der Waals surface area contributed by atoms with Crippen LogP contribution in [0, 0.1) is 0 Å². The molecule has 1 saturated heterocycles. The first kappa shape index (κ1) is 22.6. The maximum absolute atomic E-state index is 9.79. The summed E-state index contributed by atoms with van der Waals surface area (Å²) in [6, 6.07) is 0. The van der Waals surface area contributed by atoms with Gasteiger partial charge in [0.2, 0.25) is 0 Å². The largest absolute Gasteiger partial charge is 0.394 e. The summed E-state index contributed by atoms with van der Waals surface area (Å²) in [5.74, 6) is 0. The Balaban J connectivity index is 1.96. The Morgan fingerprint density at radius 2 is 1.64 bits per heavy atom. The Hall–Kier alpha value is -0.460. The van der Waals surface area contributed by atoms with E-state index in [1.165, 1.54) is 44.9 Å². The highest BCUT2D eigenvalue weighted by atomic mass is 16.6. The van der Waals surface area contributed by atoms with Gasteiger partial charge in [-0.1, -0.05) is 51.2 Å². The van der Waals surface area contributed by atoms with E-state index in [0.717, 1.165) is 19.3 Å². The lowest BCUT2D eigenvalue weighted by Gasteiger charge is -2.24. The molecule has 1 heterocycles. The molecule has 1 rings (SSSR count). The van der Waals surface area contributed by atoms with Gasteiger partial charge in [0.25, 0.3) is 0 Å². The zero-order chi connectivity index (χ0) is 18.3. The van der Waals surface area contributed by atoms with Crippen molar-refractivity contribution in [1.82, 2.24) is 0 Å². The van der Waals surface area contributed by atoms with Gasteiger partial charge in [-0.15, -0.1) is 0 Å². The predicted octanol–water partition coefficient (Wildman–Crippen LogP) is 2.96. The van der Waals surface area contributed by atoms with Gasteiger partial charge in [-0.05, 0) is 32.1 Å². The van der Waals surface area contributed by atoms with Crippen molar-refractivity contribution in [3.8, 4) is 0 Å². The lowest BCUT2D eigenvalue weighted by atomic mass is 10.1. The minimum Gasteiger partial charge on any atom is -0.394 e. The minimum absolute atomic E-state index is 0.0924. The average Bonchev–Trinajstić information content (AvgIpc) is 2.95. The molecule has 1 fully saturated rings. The van der Waals surface area contributed by atoms with Crippen molar-refractivity contribution in [3.63, 3.8) is 0 Å². The third-order valence-electron chi connectivity index (χ3n) is 4.72. The lowest BCUT2D eigenvalue weighted by molar-refractivity contribution is -0.101. The number of rotatable bonds is 15. The highest BCUT2D eigenvalue weighted by molar-refractivity contribution is 4.88. The summed E-state index contributed by atoms with van der Waals surface area (Å²) in [5.41, 5.74) is 0. The van der Waals surface area contributed by atoms with Gasteiger partial charge in [0, 0.05) is 6.61 Å². The maximum atomic E-state index is 9.79. The molecule has 1 aliphatic rings. The maximum Gasteiger partial charge on any atom is 0.114 e. The molecule has 1 aliphatic heterocycles. The van der Waals surface area contributed by atoms with Crippen molar-refractivity contribution in [2.24, 2.45) is 0 Å². The summed E-state index contributed by atoms with van der Waals surface area (Å²) in [6.45, 7) is 2.65. The van der Waals surface area contributed by atoms with Crippen LogP contribution in [0.2, 0.25) is 0 Å². The molecule has 3 N–H and O–H groups in total. The number of allylic oxidation sites excluding steroid dienone is 2. The predicted molar refractivity (Wildman–Crippen MR) is 99.6 cm³/mol. The van der Waals surface area contributed by atoms with E-state index in [9.17, 15) is 15.3 Å². The van der Waals surface area contributed by atoms with E-state index >= 15 is 0 Å². The standard InChI is InChI=1S/C20H38O5/c1-2-3-4-5-6-7-8-9-10-11-12-13-14-24-18(15-21)20-19(23)17(22)16-25-20/h9-10,17-23H,2-8,11-16H2,1H3/b10-9+/t17-,18+,19-,20-/m0/s1. The van der Waals surface area contributed by atoms with Crippen LogP contribution in [0.5, 0.6) is 0 Å². The van der Waals surface area contributed by atoms with Gasteiger partial charge in [-0.3, -0.25) is 0 Å². The Morgan fingerprint density at radius 1 is 1.00 bits per heavy atom. The molecule has 0 saturated carbocycles. The van der Waals surface area contributed by atoms with Crippen molar-refractivity contribution in [3.05, 3.63) is 12.2 Å². The Kier molecular flexibility index (Phi) is 13.3. The molecule has 0 amide bonds. The number of unbranched alkanes of at least 4 members (excludes halogenated alkanes) is 8. The smallest absolute Gasteiger partial charge is 0.114 e. The SMILES string of the molecule is CCCCCCCC/C=C/CCCCO[C@H](CO)[C@@H]1OC[C@H](O)[C@@H]1O. The Labute approximate surface area is 153 Å². The molecule has 148 valence electrons. The highest BCUT2D eigenvalue weighted by Crippen LogP contribution is 2.19. The van der Waals surface area contributed by atoms with Gasteiger partial charge in [0.1, 0.15) is 24.4 Å². The minimum atomic E-state index is -0.984. The summed E-state index contributed by atoms with van der Waals surface area (Å²) in [7, 11) is 0. The van der Waals surface area contributed by atoms with Gasteiger partial charge in [-0.2, -0.15) is 0 Å². The normalized spacial score (nSPS) is 25.0. The molecule has 5 nitrogen and oxygen atoms in total. The molecule has 0 aliphatic carbocycles. The first-order valence-corrected chi connectivity index (χ1v) is 10.1. The fraction of sp³-hybridized carbons (Fsp3) is 0.900. The van der Waals surface area contributed by atoms with Crippen LogP contribution < -0.4 is 0 Å². The van der Waals surface area contributed by atoms with E-state index in [-0.39, 0.29) is 13.2 Å². The van der Waals surface area contributed by atoms with Crippen LogP contribution in [0.4, 0.5) is 0 Å². The van der Waals surface area contributed by atoms with E-state index < -0.39 is 24.4 Å². The summed E-state index contributed by atoms with van der Waals surface area (Å²) >= 11 is 0. The summed E-state index contributed by atoms with van der Waals surface area (Å²) in [4.78, 5) is 0. The Bertz CT molecular complexity index is 334. The molecular formula is C20H38O5. The van der Waals surface area contributed by atoms with E-state index in [1.54, 1.807) is 0 Å². The van der Waals surface area contributed by atoms with Crippen LogP contribution in [0.3, 0.4) is 0 Å². The van der Waals surface area contributed by atoms with Gasteiger partial charge in [0.05, 0.1) is 13.2 Å². The zero-order valence-electron chi connectivity index (χ0n) is 15.8. The summed E-state index contributed by atoms with van der Waals surface area (Å²) in [5, 5.41) is 28.6. The second kappa shape index (κ2) is 14.7. The van der Waals surface area contributed by atoms with Crippen LogP contribution in [0.1, 0.15) is 71.1 Å². The molecule has 0 aromatic carbocycles. The second-order valence-electron chi connectivity index (χ2n) is 6.97. The summed E-state index contributed by atoms with van der Waals surface area (Å²) in [6.07, 6.45) is 13.6. The zero-order valence-corrected chi connectivity index (χ0v) is 15.8. The molecular weight excluding hydrogens is 320 g/mol. The van der Waals surface area contributed by atoms with E-state index in [1.807, 2.05) is 0 Å². The number of hydrogen-bond acceptors (Lipinski definition) is 5. The van der Waals surface area contributed by atoms with Crippen LogP contribution >= 0.6 is 0 Å². The fourth-order valence-corrected chi connectivity index (χ4v) is 3.08. The molecule has 4 atom stereocenters. The first-order valence-electron chi connectivity index (χ1n) is 10.1. The molecule has 0 spiro atoms. The molecule has 0 aromatic heterocycles. The number of aliphatic hydroxyl groups is 3. The molecule has 5 heteroatoms. The fourth-order valence-electron chi connectivity index (χ4n) is 3.08. The van der Waals surface area contributed by atoms with E-state index in [4.69, 9.17) is 9.47 Å². The van der Waals surface area contributed by atoms with Crippen molar-refractivity contribution in [2.45, 2.75) is 95.5 Å². The van der Waals surface area contributed by atoms with Crippen LogP contribution in [-0.4, -0.2) is 59.6 Å². The quantitative estimate of drug-likeness (QED) is 0.310. The first-order chi connectivity index (χ1) is 12.2. The Morgan fingerprint density at radius 3 is 2.24 bits per heavy atom. The molecule has 0 aromatic rings. The van der Waals surface area contributed by atoms with Crippen molar-refractivity contribution < 1.29 is 24.8 Å². The highest BCUT2D eigenvalue weighted by Gasteiger charge is 2.40. The third-order valence-corrected chi connectivity index (χ3v) is 4.72. The van der Waals surface area contributed by atoms with Crippen molar-refractivity contribution in [2.75, 3.05) is 19.8 Å². The van der Waals surface area contributed by atoms with E-state index in [0.29, 0.717) is 6.61 Å². The molecule has 0 bridgehead atoms. The average molecular weight is 359 g/mol. The van der Waals surface area contributed by atoms with Crippen LogP contribution in [0.25, 0.3) is 0 Å². The van der Waals surface area contributed by atoms with Gasteiger partial charge in [0.15, 0.2) is 0 Å². The lowest BCUT2D eigenvalue weighted by Crippen LogP contribution is -2.42. The van der Waals surface area contributed by atoms with Gasteiger partial charge < -0.3 is 24.8 Å². The molecule has 25 heavy (non-hydrogen) atoms. The van der Waals surface area contributed by atoms with Gasteiger partial charge in [-0.25, -0.2) is 0 Å². The molecule has 0 radical (unpaired) electrons. The topological polar surface area (TPSA) is 79.2 Å².